The van der Waals surface area contributed by atoms with E-state index in [1.165, 1.54) is 30.9 Å². The summed E-state index contributed by atoms with van der Waals surface area (Å²) in [6, 6.07) is 20.4. The van der Waals surface area contributed by atoms with Gasteiger partial charge in [-0.2, -0.15) is 5.10 Å². The van der Waals surface area contributed by atoms with Gasteiger partial charge in [-0.1, -0.05) is 24.3 Å². The third kappa shape index (κ3) is 5.63. The van der Waals surface area contributed by atoms with E-state index in [0.29, 0.717) is 51.2 Å². The average Bonchev–Trinajstić information content (AvgIpc) is 3.37. The molecule has 0 bridgehead atoms. The van der Waals surface area contributed by atoms with Crippen LogP contribution in [0.3, 0.4) is 0 Å². The van der Waals surface area contributed by atoms with Gasteiger partial charge in [0.05, 0.1) is 30.8 Å². The van der Waals surface area contributed by atoms with Gasteiger partial charge in [0.15, 0.2) is 11.5 Å². The minimum absolute atomic E-state index is 0.188. The summed E-state index contributed by atoms with van der Waals surface area (Å²) in [6.45, 7) is 2.82. The lowest BCUT2D eigenvalue weighted by molar-refractivity contribution is 0.213. The maximum Gasteiger partial charge on any atom is 0.324 e. The molecule has 2 heterocycles. The lowest BCUT2D eigenvalue weighted by Gasteiger charge is -2.13. The highest BCUT2D eigenvalue weighted by Crippen LogP contribution is 2.36. The third-order valence-electron chi connectivity index (χ3n) is 5.97. The summed E-state index contributed by atoms with van der Waals surface area (Å²) in [5, 5.41) is 10.5. The predicted molar refractivity (Wildman–Crippen MR) is 149 cm³/mol. The first-order chi connectivity index (χ1) is 19.2. The number of urea groups is 1. The van der Waals surface area contributed by atoms with Gasteiger partial charge in [-0.15, -0.1) is 0 Å². The van der Waals surface area contributed by atoms with Crippen molar-refractivity contribution in [3.8, 4) is 28.8 Å². The van der Waals surface area contributed by atoms with Gasteiger partial charge < -0.3 is 19.5 Å². The van der Waals surface area contributed by atoms with Gasteiger partial charge in [-0.25, -0.2) is 23.8 Å². The minimum Gasteiger partial charge on any atom is -0.493 e. The van der Waals surface area contributed by atoms with E-state index in [1.807, 2.05) is 30.3 Å². The second kappa shape index (κ2) is 10.9. The number of ether oxygens (including phenoxy) is 3. The molecule has 204 valence electrons. The van der Waals surface area contributed by atoms with Crippen molar-refractivity contribution in [2.45, 2.75) is 19.5 Å². The Hall–Kier alpha value is -5.19. The number of para-hydroxylation sites is 1. The van der Waals surface area contributed by atoms with Crippen LogP contribution in [0.2, 0.25) is 0 Å². The number of halogens is 1. The summed E-state index contributed by atoms with van der Waals surface area (Å²) in [5.74, 6) is 2.10. The van der Waals surface area contributed by atoms with E-state index < -0.39 is 11.7 Å². The number of rotatable bonds is 8. The molecule has 5 rings (SSSR count). The molecule has 40 heavy (non-hydrogen) atoms. The third-order valence-corrected chi connectivity index (χ3v) is 5.97. The van der Waals surface area contributed by atoms with Crippen LogP contribution in [0.25, 0.3) is 16.6 Å². The Kier molecular flexibility index (Phi) is 7.19. The molecule has 2 amide bonds. The zero-order valence-corrected chi connectivity index (χ0v) is 22.3. The maximum atomic E-state index is 14.7. The van der Waals surface area contributed by atoms with Gasteiger partial charge in [0.25, 0.3) is 0 Å². The number of nitrogens with zero attached hydrogens (tertiary/aromatic N) is 4. The van der Waals surface area contributed by atoms with Crippen LogP contribution < -0.4 is 24.8 Å². The summed E-state index contributed by atoms with van der Waals surface area (Å²) in [5.41, 5.74) is 0.244. The summed E-state index contributed by atoms with van der Waals surface area (Å²) in [6.07, 6.45) is 1.39. The minimum atomic E-state index is -1.70. The van der Waals surface area contributed by atoms with Gasteiger partial charge in [-0.3, -0.25) is 5.32 Å². The SMILES string of the molecule is COc1cc2ncnc(Oc3cccc(NC(=O)Nc4cc(C(C)(C)F)nn4-c4ccccc4)c3)c2cc1OC. The summed E-state index contributed by atoms with van der Waals surface area (Å²) < 4.78 is 33.0. The molecule has 0 unspecified atom stereocenters. The van der Waals surface area contributed by atoms with E-state index in [4.69, 9.17) is 14.2 Å². The Morgan fingerprint density at radius 2 is 1.65 bits per heavy atom. The van der Waals surface area contributed by atoms with Crippen molar-refractivity contribution in [3.63, 3.8) is 0 Å². The zero-order chi connectivity index (χ0) is 28.3. The van der Waals surface area contributed by atoms with Gasteiger partial charge >= 0.3 is 6.03 Å². The standard InChI is InChI=1S/C29H27FN6O4/c1-29(2,30)25-16-26(36(35-25)19-10-6-5-7-11-19)34-28(37)33-18-9-8-12-20(13-18)40-27-21-14-23(38-3)24(39-4)15-22(21)31-17-32-27/h5-17H,1-4H3,(H2,33,34,37). The fourth-order valence-electron chi connectivity index (χ4n) is 4.00. The number of amides is 2. The maximum absolute atomic E-state index is 14.7. The number of carbonyl (C=O) groups excluding carboxylic acids is 1. The first-order valence-electron chi connectivity index (χ1n) is 12.3. The number of aromatic nitrogens is 4. The first kappa shape index (κ1) is 26.4. The molecule has 0 aliphatic heterocycles. The lowest BCUT2D eigenvalue weighted by Crippen LogP contribution is -2.21. The molecule has 5 aromatic rings. The normalized spacial score (nSPS) is 11.2. The Morgan fingerprint density at radius 3 is 2.38 bits per heavy atom. The van der Waals surface area contributed by atoms with E-state index in [-0.39, 0.29) is 5.69 Å². The van der Waals surface area contributed by atoms with Gasteiger partial charge in [0.1, 0.15) is 29.3 Å². The highest BCUT2D eigenvalue weighted by atomic mass is 19.1. The smallest absolute Gasteiger partial charge is 0.324 e. The van der Waals surface area contributed by atoms with Crippen LogP contribution in [-0.2, 0) is 5.67 Å². The van der Waals surface area contributed by atoms with Crippen LogP contribution in [-0.4, -0.2) is 40.0 Å². The number of hydrogen-bond acceptors (Lipinski definition) is 7. The topological polar surface area (TPSA) is 112 Å². The number of anilines is 2. The molecule has 3 aromatic carbocycles. The van der Waals surface area contributed by atoms with Crippen LogP contribution in [0.15, 0.2) is 79.1 Å². The van der Waals surface area contributed by atoms with Gasteiger partial charge in [0, 0.05) is 23.9 Å². The van der Waals surface area contributed by atoms with Gasteiger partial charge in [-0.05, 0) is 44.2 Å². The van der Waals surface area contributed by atoms with Crippen molar-refractivity contribution >= 4 is 28.4 Å². The molecule has 2 aromatic heterocycles. The van der Waals surface area contributed by atoms with Crippen molar-refractivity contribution < 1.29 is 23.4 Å². The van der Waals surface area contributed by atoms with Crippen molar-refractivity contribution in [3.05, 3.63) is 84.8 Å². The summed E-state index contributed by atoms with van der Waals surface area (Å²) in [7, 11) is 3.09. The quantitative estimate of drug-likeness (QED) is 0.231. The summed E-state index contributed by atoms with van der Waals surface area (Å²) >= 11 is 0. The van der Waals surface area contributed by atoms with Crippen molar-refractivity contribution in [2.75, 3.05) is 24.9 Å². The number of benzene rings is 3. The van der Waals surface area contributed by atoms with Crippen molar-refractivity contribution in [2.24, 2.45) is 0 Å². The molecule has 0 fully saturated rings. The van der Waals surface area contributed by atoms with E-state index in [9.17, 15) is 9.18 Å². The molecular weight excluding hydrogens is 515 g/mol. The average molecular weight is 543 g/mol. The molecule has 0 aliphatic rings. The van der Waals surface area contributed by atoms with E-state index in [1.54, 1.807) is 50.6 Å². The van der Waals surface area contributed by atoms with Gasteiger partial charge in [0.2, 0.25) is 5.88 Å². The number of fused-ring (bicyclic) bond motifs is 1. The highest BCUT2D eigenvalue weighted by Gasteiger charge is 2.25. The van der Waals surface area contributed by atoms with Crippen molar-refractivity contribution in [1.82, 2.24) is 19.7 Å². The molecular formula is C29H27FN6O4. The molecule has 0 radical (unpaired) electrons. The monoisotopic (exact) mass is 542 g/mol. The summed E-state index contributed by atoms with van der Waals surface area (Å²) in [4.78, 5) is 21.5. The molecule has 2 N–H and O–H groups in total. The van der Waals surface area contributed by atoms with E-state index >= 15 is 0 Å². The number of alkyl halides is 1. The predicted octanol–water partition coefficient (Wildman–Crippen LogP) is 6.47. The number of carbonyl (C=O) groups is 1. The van der Waals surface area contributed by atoms with E-state index in [2.05, 4.69) is 25.7 Å². The molecule has 0 atom stereocenters. The van der Waals surface area contributed by atoms with Crippen LogP contribution in [0, 0.1) is 0 Å². The Morgan fingerprint density at radius 1 is 0.900 bits per heavy atom. The lowest BCUT2D eigenvalue weighted by atomic mass is 10.1. The molecule has 0 aliphatic carbocycles. The Labute approximate surface area is 229 Å². The number of nitrogens with one attached hydrogen (secondary N) is 2. The fraction of sp³-hybridized carbons (Fsp3) is 0.172. The van der Waals surface area contributed by atoms with Crippen LogP contribution >= 0.6 is 0 Å². The molecule has 0 spiro atoms. The second-order valence-corrected chi connectivity index (χ2v) is 9.25. The van der Waals surface area contributed by atoms with Crippen LogP contribution in [0.5, 0.6) is 23.1 Å². The molecule has 0 saturated carbocycles. The molecule has 10 nitrogen and oxygen atoms in total. The largest absolute Gasteiger partial charge is 0.493 e. The van der Waals surface area contributed by atoms with E-state index in [0.717, 1.165) is 0 Å². The molecule has 11 heteroatoms. The zero-order valence-electron chi connectivity index (χ0n) is 22.3. The second-order valence-electron chi connectivity index (χ2n) is 9.25. The fourth-order valence-corrected chi connectivity index (χ4v) is 4.00. The number of hydrogen-bond donors (Lipinski definition) is 2. The molecule has 0 saturated heterocycles. The Bertz CT molecular complexity index is 1670. The number of methoxy groups -OCH3 is 2. The first-order valence-corrected chi connectivity index (χ1v) is 12.3. The van der Waals surface area contributed by atoms with Crippen LogP contribution in [0.1, 0.15) is 19.5 Å². The van der Waals surface area contributed by atoms with Crippen LogP contribution in [0.4, 0.5) is 20.7 Å². The van der Waals surface area contributed by atoms with Crippen molar-refractivity contribution in [1.29, 1.82) is 0 Å². The highest BCUT2D eigenvalue weighted by molar-refractivity contribution is 5.99. The Balaban J connectivity index is 1.36.